The number of piperidine rings is 1. The highest BCUT2D eigenvalue weighted by atomic mass is 32.2. The molecule has 1 aromatic carbocycles. The first-order chi connectivity index (χ1) is 17.4. The molecule has 5 rings (SSSR count). The van der Waals surface area contributed by atoms with Gasteiger partial charge in [-0.05, 0) is 37.1 Å². The van der Waals surface area contributed by atoms with Crippen molar-refractivity contribution in [2.24, 2.45) is 0 Å². The highest BCUT2D eigenvalue weighted by Gasteiger charge is 2.29. The third kappa shape index (κ3) is 6.17. The van der Waals surface area contributed by atoms with Gasteiger partial charge >= 0.3 is 10.3 Å². The zero-order chi connectivity index (χ0) is 25.0. The fourth-order valence-corrected chi connectivity index (χ4v) is 5.79. The lowest BCUT2D eigenvalue weighted by atomic mass is 9.98. The molecule has 13 heteroatoms. The molecule has 1 aliphatic heterocycles. The Bertz CT molecular complexity index is 1410. The van der Waals surface area contributed by atoms with Crippen LogP contribution in [0.4, 0.5) is 10.9 Å². The van der Waals surface area contributed by atoms with Gasteiger partial charge in [0.2, 0.25) is 5.13 Å². The van der Waals surface area contributed by atoms with Crippen molar-refractivity contribution < 1.29 is 17.7 Å². The number of ether oxygens (including phenoxy) is 1. The van der Waals surface area contributed by atoms with Crippen molar-refractivity contribution in [3.8, 4) is 11.5 Å². The molecule has 0 unspecified atom stereocenters. The van der Waals surface area contributed by atoms with Crippen molar-refractivity contribution in [3.05, 3.63) is 72.8 Å². The highest BCUT2D eigenvalue weighted by Crippen LogP contribution is 2.36. The van der Waals surface area contributed by atoms with Crippen LogP contribution in [0.25, 0.3) is 0 Å². The second kappa shape index (κ2) is 10.9. The van der Waals surface area contributed by atoms with Gasteiger partial charge in [0.25, 0.3) is 0 Å². The van der Waals surface area contributed by atoms with Gasteiger partial charge in [0.15, 0.2) is 11.6 Å². The van der Waals surface area contributed by atoms with Crippen LogP contribution in [0.15, 0.2) is 76.9 Å². The first-order valence-electron chi connectivity index (χ1n) is 11.1. The van der Waals surface area contributed by atoms with E-state index in [0.717, 1.165) is 14.2 Å². The molecule has 0 saturated carbocycles. The highest BCUT2D eigenvalue weighted by molar-refractivity contribution is 7.99. The second-order valence-corrected chi connectivity index (χ2v) is 11.2. The van der Waals surface area contributed by atoms with Gasteiger partial charge in [-0.25, -0.2) is 15.0 Å². The Kier molecular flexibility index (Phi) is 7.43. The SMILES string of the molecule is O=S(=O)(O)N1CCC(c2nsc(Nc3ncc(Sc4ccccn4)cc3Oc3ccccc3)n2)CC1. The van der Waals surface area contributed by atoms with Crippen molar-refractivity contribution >= 4 is 44.5 Å². The molecule has 4 heterocycles. The molecule has 0 spiro atoms. The molecule has 4 aromatic rings. The minimum atomic E-state index is -4.17. The van der Waals surface area contributed by atoms with Gasteiger partial charge in [0.05, 0.1) is 0 Å². The van der Waals surface area contributed by atoms with E-state index < -0.39 is 10.3 Å². The van der Waals surface area contributed by atoms with Gasteiger partial charge in [-0.2, -0.15) is 17.1 Å². The van der Waals surface area contributed by atoms with Crippen LogP contribution in [0.3, 0.4) is 0 Å². The van der Waals surface area contributed by atoms with Gasteiger partial charge in [-0.3, -0.25) is 4.55 Å². The minimum Gasteiger partial charge on any atom is -0.453 e. The number of para-hydroxylation sites is 1. The van der Waals surface area contributed by atoms with Gasteiger partial charge in [-0.1, -0.05) is 36.0 Å². The van der Waals surface area contributed by atoms with Crippen molar-refractivity contribution in [3.63, 3.8) is 0 Å². The van der Waals surface area contributed by atoms with Gasteiger partial charge in [-0.15, -0.1) is 0 Å². The van der Waals surface area contributed by atoms with Crippen LogP contribution in [0.2, 0.25) is 0 Å². The predicted molar refractivity (Wildman–Crippen MR) is 137 cm³/mol. The number of hydrogen-bond acceptors (Lipinski definition) is 10. The Balaban J connectivity index is 1.34. The largest absolute Gasteiger partial charge is 0.453 e. The maximum absolute atomic E-state index is 11.3. The molecule has 0 aliphatic carbocycles. The number of pyridine rings is 2. The Morgan fingerprint density at radius 1 is 1.08 bits per heavy atom. The average molecular weight is 543 g/mol. The van der Waals surface area contributed by atoms with E-state index in [-0.39, 0.29) is 19.0 Å². The van der Waals surface area contributed by atoms with Crippen LogP contribution in [-0.4, -0.2) is 49.7 Å². The van der Waals surface area contributed by atoms with Crippen LogP contribution < -0.4 is 10.1 Å². The Labute approximate surface area is 216 Å². The maximum atomic E-state index is 11.3. The second-order valence-electron chi connectivity index (χ2n) is 7.94. The zero-order valence-corrected chi connectivity index (χ0v) is 21.3. The fourth-order valence-electron chi connectivity index (χ4n) is 3.70. The first kappa shape index (κ1) is 24.6. The van der Waals surface area contributed by atoms with Gasteiger partial charge in [0.1, 0.15) is 16.6 Å². The quantitative estimate of drug-likeness (QED) is 0.293. The molecule has 1 aliphatic rings. The van der Waals surface area contributed by atoms with E-state index in [4.69, 9.17) is 4.74 Å². The molecule has 3 aromatic heterocycles. The molecule has 0 bridgehead atoms. The third-order valence-electron chi connectivity index (χ3n) is 5.47. The van der Waals surface area contributed by atoms with Crippen molar-refractivity contribution in [1.29, 1.82) is 0 Å². The molecule has 2 N–H and O–H groups in total. The monoisotopic (exact) mass is 542 g/mol. The Morgan fingerprint density at radius 2 is 1.86 bits per heavy atom. The van der Waals surface area contributed by atoms with E-state index in [1.165, 1.54) is 23.3 Å². The van der Waals surface area contributed by atoms with Crippen LogP contribution in [0.1, 0.15) is 24.6 Å². The predicted octanol–water partition coefficient (Wildman–Crippen LogP) is 5.00. The molecule has 10 nitrogen and oxygen atoms in total. The summed E-state index contributed by atoms with van der Waals surface area (Å²) in [5.41, 5.74) is 0. The number of rotatable bonds is 8. The summed E-state index contributed by atoms with van der Waals surface area (Å²) in [7, 11) is -4.17. The summed E-state index contributed by atoms with van der Waals surface area (Å²) in [5, 5.41) is 4.61. The van der Waals surface area contributed by atoms with Gasteiger partial charge in [0, 0.05) is 53.9 Å². The van der Waals surface area contributed by atoms with Crippen LogP contribution in [0, 0.1) is 0 Å². The molecular formula is C23H22N6O4S3. The lowest BCUT2D eigenvalue weighted by Crippen LogP contribution is -2.37. The molecule has 0 radical (unpaired) electrons. The van der Waals surface area contributed by atoms with Gasteiger partial charge < -0.3 is 10.1 Å². The van der Waals surface area contributed by atoms with E-state index in [9.17, 15) is 13.0 Å². The van der Waals surface area contributed by atoms with E-state index in [1.807, 2.05) is 54.6 Å². The summed E-state index contributed by atoms with van der Waals surface area (Å²) >= 11 is 2.68. The number of anilines is 2. The van der Waals surface area contributed by atoms with Crippen LogP contribution in [0.5, 0.6) is 11.5 Å². The summed E-state index contributed by atoms with van der Waals surface area (Å²) < 4.78 is 43.6. The zero-order valence-electron chi connectivity index (χ0n) is 18.9. The summed E-state index contributed by atoms with van der Waals surface area (Å²) in [5.74, 6) is 2.35. The van der Waals surface area contributed by atoms with Crippen molar-refractivity contribution in [2.75, 3.05) is 18.4 Å². The molecule has 1 saturated heterocycles. The number of aromatic nitrogens is 4. The third-order valence-corrected chi connectivity index (χ3v) is 8.04. The van der Waals surface area contributed by atoms with Crippen LogP contribution in [-0.2, 0) is 10.3 Å². The lowest BCUT2D eigenvalue weighted by Gasteiger charge is -2.27. The summed E-state index contributed by atoms with van der Waals surface area (Å²) in [4.78, 5) is 14.4. The van der Waals surface area contributed by atoms with E-state index in [1.54, 1.807) is 12.4 Å². The van der Waals surface area contributed by atoms with Crippen LogP contribution >= 0.6 is 23.3 Å². The lowest BCUT2D eigenvalue weighted by molar-refractivity contribution is 0.286. The molecule has 1 fully saturated rings. The maximum Gasteiger partial charge on any atom is 0.335 e. The summed E-state index contributed by atoms with van der Waals surface area (Å²) in [6.07, 6.45) is 4.56. The molecule has 0 atom stereocenters. The normalized spacial score (nSPS) is 15.0. The standard InChI is InChI=1S/C23H22N6O4S3/c30-36(31,32)29-12-9-16(10-13-29)21-26-23(35-28-21)27-22-19(33-17-6-2-1-3-7-17)14-18(15-25-22)34-20-8-4-5-11-24-20/h1-8,11,14-16H,9-10,12-13H2,(H,30,31,32)(H,25,26,27,28). The topological polar surface area (TPSA) is 130 Å². The molecule has 186 valence electrons. The molecular weight excluding hydrogens is 520 g/mol. The fraction of sp³-hybridized carbons (Fsp3) is 0.217. The average Bonchev–Trinajstić information content (AvgIpc) is 3.35. The van der Waals surface area contributed by atoms with E-state index in [0.29, 0.717) is 41.1 Å². The van der Waals surface area contributed by atoms with E-state index >= 15 is 0 Å². The molecule has 0 amide bonds. The van der Waals surface area contributed by atoms with Crippen molar-refractivity contribution in [1.82, 2.24) is 23.6 Å². The number of hydrogen-bond donors (Lipinski definition) is 2. The summed E-state index contributed by atoms with van der Waals surface area (Å²) in [6.45, 7) is 0.467. The Hall–Kier alpha value is -3.10. The first-order valence-corrected chi connectivity index (χ1v) is 14.1. The van der Waals surface area contributed by atoms with Crippen molar-refractivity contribution in [2.45, 2.75) is 28.7 Å². The number of benzene rings is 1. The van der Waals surface area contributed by atoms with E-state index in [2.05, 4.69) is 24.6 Å². The number of nitrogens with one attached hydrogen (secondary N) is 1. The summed E-state index contributed by atoms with van der Waals surface area (Å²) in [6, 6.07) is 17.1. The smallest absolute Gasteiger partial charge is 0.335 e. The molecule has 36 heavy (non-hydrogen) atoms. The number of nitrogens with zero attached hydrogens (tertiary/aromatic N) is 5. The minimum absolute atomic E-state index is 0.0138. The Morgan fingerprint density at radius 3 is 2.58 bits per heavy atom.